The molecular formula is C11H14BrN4O-. The van der Waals surface area contributed by atoms with Crippen molar-refractivity contribution >= 4 is 27.4 Å². The summed E-state index contributed by atoms with van der Waals surface area (Å²) in [5, 5.41) is 19.9. The van der Waals surface area contributed by atoms with Gasteiger partial charge in [-0.3, -0.25) is 0 Å². The number of piperidine rings is 1. The minimum atomic E-state index is 0.342. The molecule has 0 saturated carbocycles. The van der Waals surface area contributed by atoms with Crippen LogP contribution in [0.15, 0.2) is 16.7 Å². The van der Waals surface area contributed by atoms with Gasteiger partial charge in [-0.25, -0.2) is 4.98 Å². The van der Waals surface area contributed by atoms with Crippen LogP contribution in [-0.2, 0) is 0 Å². The summed E-state index contributed by atoms with van der Waals surface area (Å²) in [5.41, 5.74) is 0.633. The van der Waals surface area contributed by atoms with Gasteiger partial charge in [-0.2, -0.15) is 0 Å². The second-order valence-electron chi connectivity index (χ2n) is 4.59. The molecule has 2 N–H and O–H groups in total. The summed E-state index contributed by atoms with van der Waals surface area (Å²) in [6, 6.07) is 2.18. The molecule has 17 heavy (non-hydrogen) atoms. The fourth-order valence-corrected chi connectivity index (χ4v) is 2.84. The van der Waals surface area contributed by atoms with E-state index in [0.29, 0.717) is 30.0 Å². The first-order valence-corrected chi connectivity index (χ1v) is 6.61. The van der Waals surface area contributed by atoms with Crippen LogP contribution in [0.2, 0.25) is 0 Å². The largest absolute Gasteiger partial charge is 0.758 e. The van der Waals surface area contributed by atoms with Crippen LogP contribution in [0.3, 0.4) is 0 Å². The minimum Gasteiger partial charge on any atom is -0.758 e. The van der Waals surface area contributed by atoms with Gasteiger partial charge in [0.15, 0.2) is 0 Å². The molecule has 2 aliphatic heterocycles. The van der Waals surface area contributed by atoms with E-state index in [1.54, 1.807) is 6.20 Å². The highest BCUT2D eigenvalue weighted by molar-refractivity contribution is 9.10. The number of fused-ring (bicyclic) bond motifs is 2. The van der Waals surface area contributed by atoms with Crippen molar-refractivity contribution < 1.29 is 0 Å². The van der Waals surface area contributed by atoms with Gasteiger partial charge in [-0.05, 0) is 35.0 Å². The van der Waals surface area contributed by atoms with Crippen molar-refractivity contribution in [3.8, 4) is 0 Å². The lowest BCUT2D eigenvalue weighted by Gasteiger charge is -2.36. The Morgan fingerprint density at radius 1 is 1.53 bits per heavy atom. The molecule has 2 unspecified atom stereocenters. The summed E-state index contributed by atoms with van der Waals surface area (Å²) in [6.07, 6.45) is 2.76. The molecule has 2 atom stereocenters. The maximum absolute atomic E-state index is 12.1. The number of hydrogen-bond acceptors (Lipinski definition) is 5. The zero-order valence-corrected chi connectivity index (χ0v) is 10.9. The zero-order chi connectivity index (χ0) is 11.8. The van der Waals surface area contributed by atoms with E-state index in [9.17, 15) is 5.21 Å². The fraction of sp³-hybridized carbons (Fsp3) is 0.545. The highest BCUT2D eigenvalue weighted by atomic mass is 79.9. The Kier molecular flexibility index (Phi) is 2.94. The number of nitrogens with zero attached hydrogens (tertiary/aromatic N) is 2. The maximum Gasteiger partial charge on any atom is 0.149 e. The average molecular weight is 298 g/mol. The molecule has 1 saturated heterocycles. The molecule has 0 amide bonds. The predicted molar refractivity (Wildman–Crippen MR) is 71.0 cm³/mol. The summed E-state index contributed by atoms with van der Waals surface area (Å²) < 4.78 is 0.835. The number of hydroxylamine groups is 1. The van der Waals surface area contributed by atoms with Gasteiger partial charge in [0.1, 0.15) is 5.82 Å². The molecule has 3 heterocycles. The van der Waals surface area contributed by atoms with Crippen LogP contribution in [0.1, 0.15) is 6.42 Å². The summed E-state index contributed by atoms with van der Waals surface area (Å²) in [4.78, 5) is 4.30. The summed E-state index contributed by atoms with van der Waals surface area (Å²) in [5.74, 6) is 1.05. The van der Waals surface area contributed by atoms with Gasteiger partial charge in [0.05, 0.1) is 5.69 Å². The Balaban J connectivity index is 1.95. The average Bonchev–Trinajstić information content (AvgIpc) is 2.46. The van der Waals surface area contributed by atoms with Crippen molar-refractivity contribution in [1.82, 2.24) is 10.3 Å². The van der Waals surface area contributed by atoms with Crippen molar-refractivity contribution in [2.45, 2.75) is 12.5 Å². The van der Waals surface area contributed by atoms with Crippen molar-refractivity contribution in [2.75, 3.05) is 30.0 Å². The Morgan fingerprint density at radius 3 is 3.29 bits per heavy atom. The molecule has 2 aliphatic rings. The number of anilines is 2. The van der Waals surface area contributed by atoms with Crippen LogP contribution in [0.25, 0.3) is 0 Å². The molecule has 1 fully saturated rings. The molecule has 5 nitrogen and oxygen atoms in total. The van der Waals surface area contributed by atoms with Crippen LogP contribution < -0.4 is 15.7 Å². The molecule has 6 heteroatoms. The van der Waals surface area contributed by atoms with E-state index in [0.717, 1.165) is 29.0 Å². The minimum absolute atomic E-state index is 0.342. The Hall–Kier alpha value is -0.850. The Morgan fingerprint density at radius 2 is 2.41 bits per heavy atom. The number of nitrogens with one attached hydrogen (secondary N) is 2. The van der Waals surface area contributed by atoms with E-state index >= 15 is 0 Å². The van der Waals surface area contributed by atoms with E-state index in [4.69, 9.17) is 0 Å². The molecular weight excluding hydrogens is 284 g/mol. The highest BCUT2D eigenvalue weighted by Gasteiger charge is 2.29. The quantitative estimate of drug-likeness (QED) is 0.761. The monoisotopic (exact) mass is 297 g/mol. The van der Waals surface area contributed by atoms with E-state index < -0.39 is 0 Å². The highest BCUT2D eigenvalue weighted by Crippen LogP contribution is 2.32. The molecule has 3 rings (SSSR count). The van der Waals surface area contributed by atoms with E-state index in [2.05, 4.69) is 31.5 Å². The van der Waals surface area contributed by atoms with Crippen molar-refractivity contribution in [2.24, 2.45) is 5.92 Å². The number of hydrogen-bond donors (Lipinski definition) is 2. The standard InChI is InChI=1S/C11H14BrN4O/c12-8-3-10-11(14-5-8)15-9-1-2-13-4-7(9)6-16(10)17/h3,5,7,9,13H,1-2,4,6H2,(H,14,15)/q-1. The molecule has 0 bridgehead atoms. The van der Waals surface area contributed by atoms with Gasteiger partial charge in [-0.1, -0.05) is 0 Å². The summed E-state index contributed by atoms with van der Waals surface area (Å²) in [7, 11) is 0. The third-order valence-corrected chi connectivity index (χ3v) is 3.87. The lowest BCUT2D eigenvalue weighted by molar-refractivity contribution is 0.353. The lowest BCUT2D eigenvalue weighted by Crippen LogP contribution is -2.46. The van der Waals surface area contributed by atoms with Crippen molar-refractivity contribution in [3.63, 3.8) is 0 Å². The third-order valence-electron chi connectivity index (χ3n) is 3.43. The van der Waals surface area contributed by atoms with Crippen LogP contribution in [0.4, 0.5) is 11.5 Å². The molecule has 1 aromatic heterocycles. The molecule has 0 spiro atoms. The fourth-order valence-electron chi connectivity index (χ4n) is 2.52. The second-order valence-corrected chi connectivity index (χ2v) is 5.50. The molecule has 0 aliphatic carbocycles. The predicted octanol–water partition coefficient (Wildman–Crippen LogP) is 1.55. The van der Waals surface area contributed by atoms with E-state index in [1.807, 2.05) is 6.07 Å². The number of aromatic nitrogens is 1. The molecule has 0 aromatic carbocycles. The maximum atomic E-state index is 12.1. The van der Waals surface area contributed by atoms with Gasteiger partial charge in [-0.15, -0.1) is 0 Å². The SMILES string of the molecule is [O-]N1CC2CNCCC2Nc2ncc(Br)cc21. The van der Waals surface area contributed by atoms with Gasteiger partial charge >= 0.3 is 0 Å². The van der Waals surface area contributed by atoms with Gasteiger partial charge < -0.3 is 20.9 Å². The lowest BCUT2D eigenvalue weighted by atomic mass is 9.94. The summed E-state index contributed by atoms with van der Waals surface area (Å²) >= 11 is 3.35. The third kappa shape index (κ3) is 2.12. The normalized spacial score (nSPS) is 27.8. The van der Waals surface area contributed by atoms with Crippen molar-refractivity contribution in [3.05, 3.63) is 21.9 Å². The first-order valence-electron chi connectivity index (χ1n) is 5.81. The van der Waals surface area contributed by atoms with Crippen LogP contribution in [-0.4, -0.2) is 30.7 Å². The van der Waals surface area contributed by atoms with Crippen molar-refractivity contribution in [1.29, 1.82) is 0 Å². The van der Waals surface area contributed by atoms with Crippen LogP contribution >= 0.6 is 15.9 Å². The first-order chi connectivity index (χ1) is 8.24. The Labute approximate surface area is 108 Å². The van der Waals surface area contributed by atoms with Crippen LogP contribution in [0.5, 0.6) is 0 Å². The van der Waals surface area contributed by atoms with Gasteiger partial charge in [0.25, 0.3) is 0 Å². The number of rotatable bonds is 0. The topological polar surface area (TPSA) is 63.2 Å². The van der Waals surface area contributed by atoms with Gasteiger partial charge in [0, 0.05) is 35.7 Å². The Bertz CT molecular complexity index is 428. The van der Waals surface area contributed by atoms with Crippen LogP contribution in [0, 0.1) is 11.1 Å². The number of pyridine rings is 1. The first kappa shape index (κ1) is 11.3. The molecule has 1 aromatic rings. The van der Waals surface area contributed by atoms with Gasteiger partial charge in [0.2, 0.25) is 0 Å². The van der Waals surface area contributed by atoms with E-state index in [-0.39, 0.29) is 0 Å². The smallest absolute Gasteiger partial charge is 0.149 e. The summed E-state index contributed by atoms with van der Waals surface area (Å²) in [6.45, 7) is 2.42. The molecule has 0 radical (unpaired) electrons. The molecule has 92 valence electrons. The van der Waals surface area contributed by atoms with E-state index in [1.165, 1.54) is 0 Å². The number of halogens is 1. The second kappa shape index (κ2) is 4.44. The zero-order valence-electron chi connectivity index (χ0n) is 9.32.